The Morgan fingerprint density at radius 2 is 1.30 bits per heavy atom. The number of esters is 2. The van der Waals surface area contributed by atoms with E-state index in [1.165, 1.54) is 38.5 Å². The van der Waals surface area contributed by atoms with Crippen LogP contribution in [-0.2, 0) is 32.7 Å². The molecule has 10 heteroatoms. The molecule has 0 aromatic heterocycles. The average Bonchev–Trinajstić information content (AvgIpc) is 2.88. The van der Waals surface area contributed by atoms with Gasteiger partial charge in [-0.1, -0.05) is 77.4 Å². The van der Waals surface area contributed by atoms with Crippen LogP contribution >= 0.6 is 7.82 Å². The first-order chi connectivity index (χ1) is 19.0. The minimum Gasteiger partial charge on any atom is -0.462 e. The predicted molar refractivity (Wildman–Crippen MR) is 160 cm³/mol. The number of allylic oxidation sites excluding steroid dienone is 2. The van der Waals surface area contributed by atoms with E-state index in [0.717, 1.165) is 38.5 Å². The maximum Gasteiger partial charge on any atom is 0.472 e. The van der Waals surface area contributed by atoms with E-state index < -0.39 is 32.5 Å². The van der Waals surface area contributed by atoms with Crippen molar-refractivity contribution in [2.24, 2.45) is 0 Å². The van der Waals surface area contributed by atoms with Crippen molar-refractivity contribution in [1.82, 2.24) is 0 Å². The lowest BCUT2D eigenvalue weighted by Crippen LogP contribution is -2.37. The van der Waals surface area contributed by atoms with Gasteiger partial charge in [0.05, 0.1) is 27.7 Å². The van der Waals surface area contributed by atoms with Crippen LogP contribution in [0, 0.1) is 0 Å². The zero-order valence-electron chi connectivity index (χ0n) is 26.1. The Bertz CT molecular complexity index is 723. The summed E-state index contributed by atoms with van der Waals surface area (Å²) in [6.45, 7) is 4.11. The Morgan fingerprint density at radius 3 is 1.90 bits per heavy atom. The second-order valence-corrected chi connectivity index (χ2v) is 12.9. The summed E-state index contributed by atoms with van der Waals surface area (Å²) in [5.41, 5.74) is 0. The third kappa shape index (κ3) is 26.9. The highest BCUT2D eigenvalue weighted by Crippen LogP contribution is 2.43. The van der Waals surface area contributed by atoms with Gasteiger partial charge in [0.1, 0.15) is 19.8 Å². The highest BCUT2D eigenvalue weighted by atomic mass is 31.2. The number of phosphoric acid groups is 1. The van der Waals surface area contributed by atoms with Crippen molar-refractivity contribution in [3.05, 3.63) is 12.2 Å². The van der Waals surface area contributed by atoms with E-state index in [2.05, 4.69) is 19.1 Å². The molecule has 9 nitrogen and oxygen atoms in total. The molecule has 40 heavy (non-hydrogen) atoms. The van der Waals surface area contributed by atoms with Gasteiger partial charge in [0, 0.05) is 12.8 Å². The van der Waals surface area contributed by atoms with Gasteiger partial charge in [0.15, 0.2) is 6.10 Å². The summed E-state index contributed by atoms with van der Waals surface area (Å²) < 4.78 is 33.5. The summed E-state index contributed by atoms with van der Waals surface area (Å²) in [5.74, 6) is -0.852. The fraction of sp³-hybridized carbons (Fsp3) is 0.867. The lowest BCUT2D eigenvalue weighted by atomic mass is 10.1. The molecule has 0 spiro atoms. The molecular weight excluding hydrogens is 533 g/mol. The number of hydrogen-bond acceptors (Lipinski definition) is 7. The number of carbonyl (C=O) groups excluding carboxylic acids is 2. The van der Waals surface area contributed by atoms with Crippen molar-refractivity contribution in [3.63, 3.8) is 0 Å². The summed E-state index contributed by atoms with van der Waals surface area (Å²) in [5, 5.41) is 0. The molecule has 0 amide bonds. The molecule has 0 saturated carbocycles. The van der Waals surface area contributed by atoms with Crippen molar-refractivity contribution in [2.45, 2.75) is 123 Å². The number of hydrogen-bond donors (Lipinski definition) is 1. The largest absolute Gasteiger partial charge is 0.472 e. The standard InChI is InChI=1S/C30H58NO8P/c1-6-8-10-11-12-13-14-15-16-17-18-19-20-21-23-30(33)39-28(26-36-29(32)22-9-7-2)27-38-40(34,35)37-25-24-31(3,4)5/h14-15,28H,6-13,16-27H2,1-5H3/p+1/b15-14-. The Balaban J connectivity index is 4.32. The van der Waals surface area contributed by atoms with E-state index in [1.54, 1.807) is 0 Å². The van der Waals surface area contributed by atoms with Crippen LogP contribution in [0.2, 0.25) is 0 Å². The number of nitrogens with zero attached hydrogens (tertiary/aromatic N) is 1. The highest BCUT2D eigenvalue weighted by molar-refractivity contribution is 7.47. The number of carbonyl (C=O) groups is 2. The van der Waals surface area contributed by atoms with Gasteiger partial charge in [0.25, 0.3) is 0 Å². The molecule has 236 valence electrons. The van der Waals surface area contributed by atoms with Crippen LogP contribution in [0.25, 0.3) is 0 Å². The molecule has 0 bridgehead atoms. The average molecular weight is 593 g/mol. The zero-order valence-corrected chi connectivity index (χ0v) is 27.0. The van der Waals surface area contributed by atoms with Gasteiger partial charge >= 0.3 is 19.8 Å². The van der Waals surface area contributed by atoms with Gasteiger partial charge in [-0.25, -0.2) is 4.57 Å². The summed E-state index contributed by atoms with van der Waals surface area (Å²) in [6.07, 6.45) is 19.4. The third-order valence-corrected chi connectivity index (χ3v) is 7.28. The molecule has 0 fully saturated rings. The molecule has 0 saturated heterocycles. The number of quaternary nitrogens is 1. The van der Waals surface area contributed by atoms with E-state index in [9.17, 15) is 19.0 Å². The van der Waals surface area contributed by atoms with Crippen molar-refractivity contribution in [2.75, 3.05) is 47.5 Å². The summed E-state index contributed by atoms with van der Waals surface area (Å²) >= 11 is 0. The summed E-state index contributed by atoms with van der Waals surface area (Å²) in [4.78, 5) is 34.3. The van der Waals surface area contributed by atoms with E-state index >= 15 is 0 Å². The van der Waals surface area contributed by atoms with Gasteiger partial charge < -0.3 is 18.9 Å². The molecule has 0 aromatic carbocycles. The SMILES string of the molecule is CCCCCCC/C=C\CCCCCCCC(=O)OC(COC(=O)CCCC)COP(=O)(O)OCC[N+](C)(C)C. The smallest absolute Gasteiger partial charge is 0.462 e. The monoisotopic (exact) mass is 592 g/mol. The molecule has 0 heterocycles. The highest BCUT2D eigenvalue weighted by Gasteiger charge is 2.27. The Hall–Kier alpha value is -1.25. The lowest BCUT2D eigenvalue weighted by molar-refractivity contribution is -0.870. The molecule has 0 aromatic rings. The first-order valence-corrected chi connectivity index (χ1v) is 16.9. The van der Waals surface area contributed by atoms with Gasteiger partial charge in [0.2, 0.25) is 0 Å². The maximum atomic E-state index is 12.4. The predicted octanol–water partition coefficient (Wildman–Crippen LogP) is 7.12. The fourth-order valence-corrected chi connectivity index (χ4v) is 4.49. The quantitative estimate of drug-likeness (QED) is 0.0353. The van der Waals surface area contributed by atoms with Gasteiger partial charge in [-0.05, 0) is 38.5 Å². The molecule has 2 unspecified atom stereocenters. The van der Waals surface area contributed by atoms with Crippen LogP contribution in [0.3, 0.4) is 0 Å². The Morgan fingerprint density at radius 1 is 0.750 bits per heavy atom. The lowest BCUT2D eigenvalue weighted by Gasteiger charge is -2.24. The minimum atomic E-state index is -4.34. The fourth-order valence-electron chi connectivity index (χ4n) is 3.75. The van der Waals surface area contributed by atoms with Crippen LogP contribution in [-0.4, -0.2) is 74.9 Å². The normalized spacial score (nSPS) is 14.2. The Kier molecular flexibility index (Phi) is 23.6. The first-order valence-electron chi connectivity index (χ1n) is 15.4. The molecule has 0 aliphatic rings. The van der Waals surface area contributed by atoms with Gasteiger partial charge in [-0.15, -0.1) is 0 Å². The first kappa shape index (κ1) is 38.8. The molecule has 0 radical (unpaired) electrons. The molecule has 0 aliphatic carbocycles. The second kappa shape index (κ2) is 24.4. The van der Waals surface area contributed by atoms with E-state index in [4.69, 9.17) is 18.5 Å². The van der Waals surface area contributed by atoms with Crippen molar-refractivity contribution >= 4 is 19.8 Å². The Labute approximate surface area is 244 Å². The minimum absolute atomic E-state index is 0.0309. The molecule has 2 atom stereocenters. The number of phosphoric ester groups is 1. The molecule has 1 N–H and O–H groups in total. The van der Waals surface area contributed by atoms with E-state index in [1.807, 2.05) is 28.1 Å². The summed E-state index contributed by atoms with van der Waals surface area (Å²) in [7, 11) is 1.46. The van der Waals surface area contributed by atoms with Crippen molar-refractivity contribution in [1.29, 1.82) is 0 Å². The number of ether oxygens (including phenoxy) is 2. The van der Waals surface area contributed by atoms with Crippen molar-refractivity contribution in [3.8, 4) is 0 Å². The number of likely N-dealkylation sites (N-methyl/N-ethyl adjacent to an activating group) is 1. The van der Waals surface area contributed by atoms with Crippen LogP contribution in [0.5, 0.6) is 0 Å². The van der Waals surface area contributed by atoms with Gasteiger partial charge in [-0.2, -0.15) is 0 Å². The number of rotatable bonds is 27. The van der Waals surface area contributed by atoms with E-state index in [0.29, 0.717) is 23.9 Å². The van der Waals surface area contributed by atoms with Crippen molar-refractivity contribution < 1.29 is 42.1 Å². The van der Waals surface area contributed by atoms with Crippen LogP contribution in [0.15, 0.2) is 12.2 Å². The van der Waals surface area contributed by atoms with Crippen LogP contribution < -0.4 is 0 Å². The van der Waals surface area contributed by atoms with Crippen LogP contribution in [0.4, 0.5) is 0 Å². The van der Waals surface area contributed by atoms with E-state index in [-0.39, 0.29) is 26.1 Å². The maximum absolute atomic E-state index is 12.4. The third-order valence-electron chi connectivity index (χ3n) is 6.30. The molecule has 0 rings (SSSR count). The van der Waals surface area contributed by atoms with Crippen LogP contribution in [0.1, 0.15) is 117 Å². The molecular formula is C30H59NO8P+. The molecule has 0 aliphatic heterocycles. The zero-order chi connectivity index (χ0) is 30.1. The van der Waals surface area contributed by atoms with Gasteiger partial charge in [-0.3, -0.25) is 18.6 Å². The summed E-state index contributed by atoms with van der Waals surface area (Å²) in [6, 6.07) is 0. The topological polar surface area (TPSA) is 108 Å². The number of unbranched alkanes of at least 4 members (excludes halogenated alkanes) is 11. The second-order valence-electron chi connectivity index (χ2n) is 11.5.